The monoisotopic (exact) mass is 515 g/mol. The Bertz CT molecular complexity index is 1340. The lowest BCUT2D eigenvalue weighted by molar-refractivity contribution is -0.141. The number of nitrogens with one attached hydrogen (secondary N) is 1. The van der Waals surface area contributed by atoms with Gasteiger partial charge in [0, 0.05) is 17.8 Å². The minimum Gasteiger partial charge on any atom is -0.497 e. The predicted octanol–water partition coefficient (Wildman–Crippen LogP) is 8.53. The summed E-state index contributed by atoms with van der Waals surface area (Å²) in [4.78, 5) is 11.6. The number of ether oxygens (including phenoxy) is 1. The molecule has 3 aromatic rings. The Balaban J connectivity index is 1.66. The molecule has 2 N–H and O–H groups in total. The highest BCUT2D eigenvalue weighted by Gasteiger charge is 2.30. The summed E-state index contributed by atoms with van der Waals surface area (Å²) in [7, 11) is 1.59. The van der Waals surface area contributed by atoms with Crippen molar-refractivity contribution >= 4 is 17.2 Å². The summed E-state index contributed by atoms with van der Waals surface area (Å²) in [6.45, 7) is 8.88. The normalized spacial score (nSPS) is 16.0. The molecule has 0 amide bonds. The van der Waals surface area contributed by atoms with Crippen molar-refractivity contribution in [2.75, 3.05) is 12.4 Å². The molecule has 0 fully saturated rings. The van der Waals surface area contributed by atoms with Gasteiger partial charge < -0.3 is 15.2 Å². The number of hydrogen-bond donors (Lipinski definition) is 2. The Hall–Kier alpha value is -3.60. The lowest BCUT2D eigenvalue weighted by Gasteiger charge is -2.26. The fourth-order valence-corrected chi connectivity index (χ4v) is 5.59. The van der Waals surface area contributed by atoms with Crippen LogP contribution in [0.15, 0.2) is 66.7 Å². The lowest BCUT2D eigenvalue weighted by atomic mass is 9.79. The van der Waals surface area contributed by atoms with Crippen LogP contribution in [0.2, 0.25) is 0 Å². The second-order valence-electron chi connectivity index (χ2n) is 10.9. The number of hydrogen-bond acceptors (Lipinski definition) is 3. The number of methoxy groups -OCH3 is 1. The highest BCUT2D eigenvalue weighted by atomic mass is 19.1. The maximum Gasteiger partial charge on any atom is 0.306 e. The van der Waals surface area contributed by atoms with Crippen molar-refractivity contribution in [1.29, 1.82) is 0 Å². The first kappa shape index (κ1) is 27.4. The standard InChI is InChI=1S/C33H38FNO3/c1-6-26(21(2)32(36)37)23-9-7-10-24(18-23)35-20-22-12-14-27(29-19-25(38-5)13-15-31(29)34)28(17-22)30-11-8-16-33(30,3)4/h7,9-15,17-19,21,26,35H,6,8,16,20H2,1-5H3,(H,36,37)/t21?,26-/m0/s1. The van der Waals surface area contributed by atoms with Crippen LogP contribution in [-0.2, 0) is 11.3 Å². The van der Waals surface area contributed by atoms with E-state index in [1.807, 2.05) is 37.3 Å². The van der Waals surface area contributed by atoms with Gasteiger partial charge in [-0.05, 0) is 94.8 Å². The van der Waals surface area contributed by atoms with Crippen molar-refractivity contribution in [3.05, 3.63) is 89.2 Å². The molecule has 4 rings (SSSR count). The second-order valence-corrected chi connectivity index (χ2v) is 10.9. The third kappa shape index (κ3) is 5.77. The third-order valence-electron chi connectivity index (χ3n) is 7.93. The van der Waals surface area contributed by atoms with Crippen LogP contribution in [0.4, 0.5) is 10.1 Å². The maximum atomic E-state index is 15.0. The number of halogens is 1. The lowest BCUT2D eigenvalue weighted by Crippen LogP contribution is -2.18. The average molecular weight is 516 g/mol. The molecule has 0 bridgehead atoms. The highest BCUT2D eigenvalue weighted by molar-refractivity contribution is 5.85. The molecule has 0 aliphatic heterocycles. The zero-order chi connectivity index (χ0) is 27.4. The molecule has 0 spiro atoms. The topological polar surface area (TPSA) is 58.6 Å². The Morgan fingerprint density at radius 3 is 2.53 bits per heavy atom. The number of rotatable bonds is 10. The van der Waals surface area contributed by atoms with Crippen LogP contribution in [0.25, 0.3) is 16.7 Å². The van der Waals surface area contributed by atoms with Gasteiger partial charge in [-0.2, -0.15) is 0 Å². The van der Waals surface area contributed by atoms with Gasteiger partial charge in [0.2, 0.25) is 0 Å². The third-order valence-corrected chi connectivity index (χ3v) is 7.93. The molecular formula is C33H38FNO3. The minimum atomic E-state index is -0.778. The molecule has 0 radical (unpaired) electrons. The Morgan fingerprint density at radius 2 is 1.87 bits per heavy atom. The number of carboxylic acid groups (broad SMARTS) is 1. The number of aliphatic carboxylic acids is 1. The molecule has 38 heavy (non-hydrogen) atoms. The fraction of sp³-hybridized carbons (Fsp3) is 0.364. The molecule has 0 saturated heterocycles. The second kappa shape index (κ2) is 11.4. The van der Waals surface area contributed by atoms with Crippen molar-refractivity contribution in [1.82, 2.24) is 0 Å². The number of benzene rings is 3. The first-order chi connectivity index (χ1) is 18.1. The zero-order valence-electron chi connectivity index (χ0n) is 23.0. The molecule has 1 aliphatic rings. The van der Waals surface area contributed by atoms with Crippen molar-refractivity contribution < 1.29 is 19.0 Å². The molecule has 0 aromatic heterocycles. The molecule has 200 valence electrons. The zero-order valence-corrected chi connectivity index (χ0v) is 23.0. The molecule has 4 nitrogen and oxygen atoms in total. The van der Waals surface area contributed by atoms with Gasteiger partial charge in [0.25, 0.3) is 0 Å². The van der Waals surface area contributed by atoms with Crippen LogP contribution >= 0.6 is 0 Å². The Labute approximate surface area is 225 Å². The molecule has 1 aliphatic carbocycles. The summed E-state index contributed by atoms with van der Waals surface area (Å²) in [6, 6.07) is 19.1. The maximum absolute atomic E-state index is 15.0. The van der Waals surface area contributed by atoms with Gasteiger partial charge in [0.1, 0.15) is 11.6 Å². The van der Waals surface area contributed by atoms with Crippen molar-refractivity contribution in [2.24, 2.45) is 11.3 Å². The summed E-state index contributed by atoms with van der Waals surface area (Å²) in [5, 5.41) is 13.0. The van der Waals surface area contributed by atoms with Gasteiger partial charge in [0.15, 0.2) is 0 Å². The number of carbonyl (C=O) groups is 1. The van der Waals surface area contributed by atoms with Gasteiger partial charge in [-0.1, -0.05) is 58.0 Å². The van der Waals surface area contributed by atoms with Gasteiger partial charge in [-0.25, -0.2) is 4.39 Å². The molecule has 1 unspecified atom stereocenters. The molecule has 0 saturated carbocycles. The van der Waals surface area contributed by atoms with Gasteiger partial charge in [-0.15, -0.1) is 0 Å². The molecule has 3 aromatic carbocycles. The van der Waals surface area contributed by atoms with E-state index in [1.165, 1.54) is 11.6 Å². The van der Waals surface area contributed by atoms with E-state index in [0.717, 1.165) is 47.2 Å². The number of carboxylic acids is 1. The van der Waals surface area contributed by atoms with E-state index in [9.17, 15) is 9.90 Å². The number of allylic oxidation sites excluding steroid dienone is 2. The molecule has 5 heteroatoms. The first-order valence-corrected chi connectivity index (χ1v) is 13.4. The van der Waals surface area contributed by atoms with Crippen LogP contribution in [0.3, 0.4) is 0 Å². The van der Waals surface area contributed by atoms with Crippen molar-refractivity contribution in [3.63, 3.8) is 0 Å². The van der Waals surface area contributed by atoms with Gasteiger partial charge >= 0.3 is 5.97 Å². The first-order valence-electron chi connectivity index (χ1n) is 13.4. The highest BCUT2D eigenvalue weighted by Crippen LogP contribution is 2.47. The molecular weight excluding hydrogens is 477 g/mol. The fourth-order valence-electron chi connectivity index (χ4n) is 5.59. The largest absolute Gasteiger partial charge is 0.497 e. The van der Waals surface area contributed by atoms with Crippen LogP contribution in [0.5, 0.6) is 5.75 Å². The van der Waals surface area contributed by atoms with E-state index < -0.39 is 11.9 Å². The predicted molar refractivity (Wildman–Crippen MR) is 153 cm³/mol. The summed E-state index contributed by atoms with van der Waals surface area (Å²) in [5.41, 5.74) is 6.75. The van der Waals surface area contributed by atoms with E-state index in [0.29, 0.717) is 17.9 Å². The van der Waals surface area contributed by atoms with E-state index in [2.05, 4.69) is 37.4 Å². The Kier molecular flexibility index (Phi) is 8.25. The van der Waals surface area contributed by atoms with Crippen LogP contribution < -0.4 is 10.1 Å². The quantitative estimate of drug-likeness (QED) is 0.284. The summed E-state index contributed by atoms with van der Waals surface area (Å²) in [5.74, 6) is -0.924. The SMILES string of the molecule is CC[C@H](c1cccc(NCc2ccc(-c3cc(OC)ccc3F)c(C3=CCCC3(C)C)c2)c1)C(C)C(=O)O. The average Bonchev–Trinajstić information content (AvgIpc) is 3.27. The number of anilines is 1. The summed E-state index contributed by atoms with van der Waals surface area (Å²) >= 11 is 0. The van der Waals surface area contributed by atoms with Crippen molar-refractivity contribution in [2.45, 2.75) is 59.4 Å². The van der Waals surface area contributed by atoms with E-state index in [-0.39, 0.29) is 17.2 Å². The minimum absolute atomic E-state index is 0.000472. The van der Waals surface area contributed by atoms with Crippen molar-refractivity contribution in [3.8, 4) is 16.9 Å². The summed E-state index contributed by atoms with van der Waals surface area (Å²) < 4.78 is 20.4. The van der Waals surface area contributed by atoms with E-state index >= 15 is 4.39 Å². The van der Waals surface area contributed by atoms with E-state index in [4.69, 9.17) is 4.74 Å². The summed E-state index contributed by atoms with van der Waals surface area (Å²) in [6.07, 6.45) is 5.11. The molecule has 0 heterocycles. The molecule has 2 atom stereocenters. The van der Waals surface area contributed by atoms with E-state index in [1.54, 1.807) is 26.2 Å². The van der Waals surface area contributed by atoms with Crippen LogP contribution in [0, 0.1) is 17.2 Å². The Morgan fingerprint density at radius 1 is 1.08 bits per heavy atom. The van der Waals surface area contributed by atoms with Crippen LogP contribution in [0.1, 0.15) is 69.6 Å². The van der Waals surface area contributed by atoms with Crippen LogP contribution in [-0.4, -0.2) is 18.2 Å². The van der Waals surface area contributed by atoms with Gasteiger partial charge in [0.05, 0.1) is 13.0 Å². The smallest absolute Gasteiger partial charge is 0.306 e. The van der Waals surface area contributed by atoms with Gasteiger partial charge in [-0.3, -0.25) is 4.79 Å².